The summed E-state index contributed by atoms with van der Waals surface area (Å²) in [5.41, 5.74) is 5.77. The van der Waals surface area contributed by atoms with Gasteiger partial charge in [-0.1, -0.05) is 0 Å². The van der Waals surface area contributed by atoms with Crippen LogP contribution in [0, 0.1) is 5.92 Å². The molecule has 1 fully saturated rings. The fourth-order valence-electron chi connectivity index (χ4n) is 1.98. The maximum Gasteiger partial charge on any atom is 0.223 e. The van der Waals surface area contributed by atoms with Gasteiger partial charge < -0.3 is 15.8 Å². The molecule has 15 heavy (non-hydrogen) atoms. The molecule has 4 heteroatoms. The molecule has 0 spiro atoms. The third-order valence-electron chi connectivity index (χ3n) is 2.99. The van der Waals surface area contributed by atoms with Crippen molar-refractivity contribution in [2.24, 2.45) is 11.7 Å². The van der Waals surface area contributed by atoms with E-state index in [9.17, 15) is 4.79 Å². The zero-order valence-electron chi connectivity index (χ0n) is 9.66. The Morgan fingerprint density at radius 1 is 1.60 bits per heavy atom. The zero-order valence-corrected chi connectivity index (χ0v) is 9.66. The second-order valence-corrected chi connectivity index (χ2v) is 4.46. The summed E-state index contributed by atoms with van der Waals surface area (Å²) in [6.45, 7) is 2.69. The van der Waals surface area contributed by atoms with E-state index in [2.05, 4.69) is 5.32 Å². The van der Waals surface area contributed by atoms with Crippen molar-refractivity contribution in [3.63, 3.8) is 0 Å². The minimum absolute atomic E-state index is 0.130. The monoisotopic (exact) mass is 214 g/mol. The minimum Gasteiger partial charge on any atom is -0.385 e. The summed E-state index contributed by atoms with van der Waals surface area (Å²) in [7, 11) is 1.67. The highest BCUT2D eigenvalue weighted by Crippen LogP contribution is 2.24. The molecule has 3 unspecified atom stereocenters. The van der Waals surface area contributed by atoms with Gasteiger partial charge in [-0.2, -0.15) is 0 Å². The molecule has 0 radical (unpaired) electrons. The van der Waals surface area contributed by atoms with E-state index < -0.39 is 0 Å². The molecular weight excluding hydrogens is 192 g/mol. The van der Waals surface area contributed by atoms with Gasteiger partial charge in [-0.05, 0) is 32.6 Å². The van der Waals surface area contributed by atoms with Crippen LogP contribution in [0.3, 0.4) is 0 Å². The largest absolute Gasteiger partial charge is 0.385 e. The Hall–Kier alpha value is -0.610. The van der Waals surface area contributed by atoms with Gasteiger partial charge in [0, 0.05) is 31.7 Å². The lowest BCUT2D eigenvalue weighted by Crippen LogP contribution is -2.37. The minimum atomic E-state index is 0.130. The molecule has 0 aliphatic heterocycles. The summed E-state index contributed by atoms with van der Waals surface area (Å²) in [4.78, 5) is 11.8. The van der Waals surface area contributed by atoms with Gasteiger partial charge in [0.05, 0.1) is 0 Å². The first-order valence-electron chi connectivity index (χ1n) is 5.68. The number of methoxy groups -OCH3 is 1. The Bertz CT molecular complexity index is 209. The molecule has 1 rings (SSSR count). The van der Waals surface area contributed by atoms with Gasteiger partial charge in [0.15, 0.2) is 0 Å². The van der Waals surface area contributed by atoms with Gasteiger partial charge in [0.1, 0.15) is 0 Å². The molecule has 4 nitrogen and oxygen atoms in total. The Morgan fingerprint density at radius 2 is 2.33 bits per heavy atom. The molecule has 1 saturated carbocycles. The lowest BCUT2D eigenvalue weighted by molar-refractivity contribution is -0.125. The number of nitrogens with one attached hydrogen (secondary N) is 1. The van der Waals surface area contributed by atoms with Crippen LogP contribution in [0.5, 0.6) is 0 Å². The number of ether oxygens (including phenoxy) is 1. The number of carbonyl (C=O) groups excluding carboxylic acids is 1. The summed E-state index contributed by atoms with van der Waals surface area (Å²) in [5.74, 6) is 0.288. The first-order valence-corrected chi connectivity index (χ1v) is 5.68. The lowest BCUT2D eigenvalue weighted by atomic mass is 10.1. The van der Waals surface area contributed by atoms with E-state index in [-0.39, 0.29) is 23.9 Å². The predicted molar refractivity (Wildman–Crippen MR) is 59.4 cm³/mol. The molecule has 0 heterocycles. The highest BCUT2D eigenvalue weighted by atomic mass is 16.5. The summed E-state index contributed by atoms with van der Waals surface area (Å²) in [6.07, 6.45) is 3.61. The first kappa shape index (κ1) is 12.5. The maximum absolute atomic E-state index is 11.8. The second kappa shape index (κ2) is 6.08. The van der Waals surface area contributed by atoms with Gasteiger partial charge in [-0.25, -0.2) is 0 Å². The van der Waals surface area contributed by atoms with Crippen LogP contribution in [0.2, 0.25) is 0 Å². The molecule has 1 aliphatic rings. The molecule has 3 N–H and O–H groups in total. The number of hydrogen-bond donors (Lipinski definition) is 2. The molecular formula is C11H22N2O2. The third-order valence-corrected chi connectivity index (χ3v) is 2.99. The Labute approximate surface area is 91.5 Å². The standard InChI is InChI=1S/C11H22N2O2/c1-8(5-6-15-2)13-11(14)9-3-4-10(12)7-9/h8-10H,3-7,12H2,1-2H3,(H,13,14). The molecule has 0 saturated heterocycles. The zero-order chi connectivity index (χ0) is 11.3. The fourth-order valence-corrected chi connectivity index (χ4v) is 1.98. The van der Waals surface area contributed by atoms with E-state index in [1.165, 1.54) is 0 Å². The SMILES string of the molecule is COCCC(C)NC(=O)C1CCC(N)C1. The van der Waals surface area contributed by atoms with Crippen LogP contribution in [-0.2, 0) is 9.53 Å². The van der Waals surface area contributed by atoms with Crippen LogP contribution < -0.4 is 11.1 Å². The highest BCUT2D eigenvalue weighted by Gasteiger charge is 2.28. The van der Waals surface area contributed by atoms with E-state index in [4.69, 9.17) is 10.5 Å². The van der Waals surface area contributed by atoms with Gasteiger partial charge in [0.25, 0.3) is 0 Å². The molecule has 0 bridgehead atoms. The van der Waals surface area contributed by atoms with Crippen molar-refractivity contribution in [3.05, 3.63) is 0 Å². The van der Waals surface area contributed by atoms with E-state index in [1.807, 2.05) is 6.92 Å². The Morgan fingerprint density at radius 3 is 2.87 bits per heavy atom. The molecule has 0 aromatic heterocycles. The fraction of sp³-hybridized carbons (Fsp3) is 0.909. The van der Waals surface area contributed by atoms with Crippen LogP contribution in [0.4, 0.5) is 0 Å². The van der Waals surface area contributed by atoms with Crippen molar-refractivity contribution in [1.29, 1.82) is 0 Å². The van der Waals surface area contributed by atoms with Gasteiger partial charge in [0.2, 0.25) is 5.91 Å². The molecule has 0 aromatic rings. The van der Waals surface area contributed by atoms with Crippen molar-refractivity contribution in [1.82, 2.24) is 5.32 Å². The quantitative estimate of drug-likeness (QED) is 0.706. The number of hydrogen-bond acceptors (Lipinski definition) is 3. The van der Waals surface area contributed by atoms with Crippen LogP contribution in [0.1, 0.15) is 32.6 Å². The molecule has 0 aromatic carbocycles. The summed E-state index contributed by atoms with van der Waals surface area (Å²) in [6, 6.07) is 0.407. The van der Waals surface area contributed by atoms with Crippen molar-refractivity contribution >= 4 is 5.91 Å². The normalized spacial score (nSPS) is 27.7. The van der Waals surface area contributed by atoms with Crippen molar-refractivity contribution in [3.8, 4) is 0 Å². The molecule has 88 valence electrons. The third kappa shape index (κ3) is 4.18. The van der Waals surface area contributed by atoms with Gasteiger partial charge in [-0.3, -0.25) is 4.79 Å². The average molecular weight is 214 g/mol. The first-order chi connectivity index (χ1) is 7.13. The van der Waals surface area contributed by atoms with Crippen LogP contribution in [0.25, 0.3) is 0 Å². The highest BCUT2D eigenvalue weighted by molar-refractivity contribution is 5.79. The lowest BCUT2D eigenvalue weighted by Gasteiger charge is -2.16. The molecule has 1 aliphatic carbocycles. The van der Waals surface area contributed by atoms with Crippen LogP contribution in [-0.4, -0.2) is 31.7 Å². The average Bonchev–Trinajstić information content (AvgIpc) is 2.61. The number of nitrogens with two attached hydrogens (primary N) is 1. The Kier molecular flexibility index (Phi) is 5.05. The van der Waals surface area contributed by atoms with E-state index in [0.29, 0.717) is 6.61 Å². The van der Waals surface area contributed by atoms with Crippen molar-refractivity contribution in [2.75, 3.05) is 13.7 Å². The van der Waals surface area contributed by atoms with E-state index in [1.54, 1.807) is 7.11 Å². The van der Waals surface area contributed by atoms with Crippen LogP contribution >= 0.6 is 0 Å². The summed E-state index contributed by atoms with van der Waals surface area (Å²) >= 11 is 0. The molecule has 1 amide bonds. The topological polar surface area (TPSA) is 64.3 Å². The molecule has 3 atom stereocenters. The smallest absolute Gasteiger partial charge is 0.223 e. The summed E-state index contributed by atoms with van der Waals surface area (Å²) in [5, 5.41) is 3.00. The Balaban J connectivity index is 2.23. The predicted octanol–water partition coefficient (Wildman–Crippen LogP) is 0.655. The maximum atomic E-state index is 11.8. The van der Waals surface area contributed by atoms with E-state index in [0.717, 1.165) is 25.7 Å². The van der Waals surface area contributed by atoms with Crippen molar-refractivity contribution in [2.45, 2.75) is 44.7 Å². The number of rotatable bonds is 5. The van der Waals surface area contributed by atoms with Gasteiger partial charge >= 0.3 is 0 Å². The van der Waals surface area contributed by atoms with Crippen molar-refractivity contribution < 1.29 is 9.53 Å². The summed E-state index contributed by atoms with van der Waals surface area (Å²) < 4.78 is 4.97. The number of carbonyl (C=O) groups is 1. The van der Waals surface area contributed by atoms with Crippen LogP contribution in [0.15, 0.2) is 0 Å². The second-order valence-electron chi connectivity index (χ2n) is 4.46. The van der Waals surface area contributed by atoms with E-state index >= 15 is 0 Å². The number of amides is 1. The van der Waals surface area contributed by atoms with Gasteiger partial charge in [-0.15, -0.1) is 0 Å².